The van der Waals surface area contributed by atoms with Crippen LogP contribution in [0.3, 0.4) is 0 Å². The summed E-state index contributed by atoms with van der Waals surface area (Å²) in [6.45, 7) is 22.5. The predicted octanol–water partition coefficient (Wildman–Crippen LogP) is 7.82. The van der Waals surface area contributed by atoms with Gasteiger partial charge in [-0.3, -0.25) is 9.80 Å². The molecule has 0 aromatic heterocycles. The third-order valence-electron chi connectivity index (χ3n) is 5.87. The Morgan fingerprint density at radius 2 is 1.82 bits per heavy atom. The zero-order chi connectivity index (χ0) is 29.2. The van der Waals surface area contributed by atoms with E-state index >= 15 is 0 Å². The molecule has 0 N–H and O–H groups in total. The fourth-order valence-electron chi connectivity index (χ4n) is 3.54. The van der Waals surface area contributed by atoms with Crippen molar-refractivity contribution in [3.63, 3.8) is 0 Å². The Balaban J connectivity index is 0.000000806. The normalized spacial score (nSPS) is 15.9. The maximum Gasteiger partial charge on any atom is 0.414 e. The molecular formula is C32H44F2N2O3. The van der Waals surface area contributed by atoms with Crippen molar-refractivity contribution in [3.05, 3.63) is 108 Å². The van der Waals surface area contributed by atoms with Crippen LogP contribution in [0, 0.1) is 17.6 Å². The molecule has 1 fully saturated rings. The Hall–Kier alpha value is -3.45. The molecule has 1 amide bonds. The summed E-state index contributed by atoms with van der Waals surface area (Å²) in [6.07, 6.45) is 12.4. The van der Waals surface area contributed by atoms with E-state index in [2.05, 4.69) is 38.0 Å². The summed E-state index contributed by atoms with van der Waals surface area (Å²) >= 11 is 0. The molecule has 1 aliphatic rings. The lowest BCUT2D eigenvalue weighted by molar-refractivity contribution is 0.0518. The smallest absolute Gasteiger partial charge is 0.414 e. The second-order valence-electron chi connectivity index (χ2n) is 9.37. The maximum absolute atomic E-state index is 12.3. The van der Waals surface area contributed by atoms with Crippen LogP contribution in [0.1, 0.15) is 41.0 Å². The number of nitrogens with zero attached hydrogens (tertiary/aromatic N) is 2. The highest BCUT2D eigenvalue weighted by molar-refractivity contribution is 5.71. The zero-order valence-corrected chi connectivity index (χ0v) is 24.1. The van der Waals surface area contributed by atoms with Crippen LogP contribution in [-0.4, -0.2) is 55.3 Å². The van der Waals surface area contributed by atoms with Gasteiger partial charge in [-0.1, -0.05) is 61.6 Å². The number of rotatable bonds is 13. The molecule has 0 bridgehead atoms. The van der Waals surface area contributed by atoms with E-state index in [0.717, 1.165) is 43.9 Å². The monoisotopic (exact) mass is 542 g/mol. The standard InChI is InChI=1S/C26H40N2O3.C6H4F2/c1-8-25(14-11-21(4)5)28-19-24(20-31-26(28)29)16-18-27(9-2)17-15-22(6)12-13-23(7)30-10-3;7-5-3-1-2-4-6(5)8/h8,11-15,24H,1,7,9-10,16-20H2,2-6H3;1-4H/b13-12-,22-15+,25-14+;. The molecule has 2 rings (SSSR count). The lowest BCUT2D eigenvalue weighted by Gasteiger charge is -2.33. The van der Waals surface area contributed by atoms with Crippen LogP contribution >= 0.6 is 0 Å². The van der Waals surface area contributed by atoms with E-state index in [9.17, 15) is 13.6 Å². The molecule has 1 saturated heterocycles. The van der Waals surface area contributed by atoms with Gasteiger partial charge in [-0.15, -0.1) is 0 Å². The van der Waals surface area contributed by atoms with Crippen molar-refractivity contribution in [1.82, 2.24) is 9.80 Å². The highest BCUT2D eigenvalue weighted by Gasteiger charge is 2.28. The van der Waals surface area contributed by atoms with Crippen molar-refractivity contribution in [2.24, 2.45) is 5.92 Å². The zero-order valence-electron chi connectivity index (χ0n) is 24.1. The molecule has 5 nitrogen and oxygen atoms in total. The van der Waals surface area contributed by atoms with Gasteiger partial charge < -0.3 is 9.47 Å². The van der Waals surface area contributed by atoms with Gasteiger partial charge >= 0.3 is 6.09 Å². The number of amides is 1. The van der Waals surface area contributed by atoms with E-state index in [1.54, 1.807) is 11.0 Å². The first kappa shape index (κ1) is 33.6. The van der Waals surface area contributed by atoms with Gasteiger partial charge in [0.15, 0.2) is 11.6 Å². The van der Waals surface area contributed by atoms with Crippen LogP contribution < -0.4 is 0 Å². The molecule has 1 aromatic rings. The van der Waals surface area contributed by atoms with E-state index < -0.39 is 11.6 Å². The van der Waals surface area contributed by atoms with Gasteiger partial charge in [0.1, 0.15) is 5.76 Å². The molecule has 0 spiro atoms. The lowest BCUT2D eigenvalue weighted by atomic mass is 10.0. The Labute approximate surface area is 233 Å². The molecule has 1 aliphatic heterocycles. The van der Waals surface area contributed by atoms with Gasteiger partial charge in [-0.25, -0.2) is 13.6 Å². The van der Waals surface area contributed by atoms with Crippen molar-refractivity contribution >= 4 is 6.09 Å². The number of carbonyl (C=O) groups excluding carboxylic acids is 1. The van der Waals surface area contributed by atoms with E-state index in [1.165, 1.54) is 23.3 Å². The molecule has 1 heterocycles. The highest BCUT2D eigenvalue weighted by atomic mass is 19.2. The highest BCUT2D eigenvalue weighted by Crippen LogP contribution is 2.20. The van der Waals surface area contributed by atoms with E-state index in [4.69, 9.17) is 9.47 Å². The number of hydrogen-bond acceptors (Lipinski definition) is 4. The predicted molar refractivity (Wildman–Crippen MR) is 156 cm³/mol. The molecule has 1 aromatic carbocycles. The molecule has 0 radical (unpaired) electrons. The minimum Gasteiger partial charge on any atom is -0.495 e. The molecule has 39 heavy (non-hydrogen) atoms. The SMILES string of the molecule is C=C/C(=C\C=C(C)C)N1CC(CCN(CC)C/C=C(C)/C=C\C(=C)OCC)COC1=O.Fc1ccccc1F. The van der Waals surface area contributed by atoms with E-state index in [0.29, 0.717) is 31.4 Å². The van der Waals surface area contributed by atoms with Crippen molar-refractivity contribution in [1.29, 1.82) is 0 Å². The molecular weight excluding hydrogens is 498 g/mol. The number of cyclic esters (lactones) is 1. The van der Waals surface area contributed by atoms with Crippen LogP contribution in [0.2, 0.25) is 0 Å². The van der Waals surface area contributed by atoms with Gasteiger partial charge in [-0.05, 0) is 77.6 Å². The van der Waals surface area contributed by atoms with Crippen molar-refractivity contribution in [3.8, 4) is 0 Å². The second kappa shape index (κ2) is 18.7. The summed E-state index contributed by atoms with van der Waals surface area (Å²) in [5.74, 6) is -0.627. The third kappa shape index (κ3) is 13.8. The van der Waals surface area contributed by atoms with Crippen LogP contribution in [0.5, 0.6) is 0 Å². The van der Waals surface area contributed by atoms with Crippen molar-refractivity contribution < 1.29 is 23.0 Å². The minimum absolute atomic E-state index is 0.293. The largest absolute Gasteiger partial charge is 0.495 e. The fourth-order valence-corrected chi connectivity index (χ4v) is 3.54. The summed E-state index contributed by atoms with van der Waals surface area (Å²) in [7, 11) is 0. The quantitative estimate of drug-likeness (QED) is 0.188. The first-order valence-corrected chi connectivity index (χ1v) is 13.3. The average molecular weight is 543 g/mol. The number of carbonyl (C=O) groups is 1. The average Bonchev–Trinajstić information content (AvgIpc) is 2.91. The molecule has 0 saturated carbocycles. The molecule has 214 valence electrons. The summed E-state index contributed by atoms with van der Waals surface area (Å²) in [5.41, 5.74) is 3.12. The number of hydrogen-bond donors (Lipinski definition) is 0. The summed E-state index contributed by atoms with van der Waals surface area (Å²) < 4.78 is 34.7. The first-order valence-electron chi connectivity index (χ1n) is 13.3. The van der Waals surface area contributed by atoms with Crippen LogP contribution in [0.4, 0.5) is 13.6 Å². The Bertz CT molecular complexity index is 1030. The Morgan fingerprint density at radius 1 is 1.15 bits per heavy atom. The topological polar surface area (TPSA) is 42.0 Å². The first-order chi connectivity index (χ1) is 18.6. The van der Waals surface area contributed by atoms with Gasteiger partial charge in [-0.2, -0.15) is 0 Å². The number of likely N-dealkylation sites (N-methyl/N-ethyl adjacent to an activating group) is 1. The molecule has 0 aliphatic carbocycles. The van der Waals surface area contributed by atoms with Gasteiger partial charge in [0, 0.05) is 24.7 Å². The molecule has 7 heteroatoms. The van der Waals surface area contributed by atoms with Gasteiger partial charge in [0.2, 0.25) is 0 Å². The van der Waals surface area contributed by atoms with Gasteiger partial charge in [0.25, 0.3) is 0 Å². The van der Waals surface area contributed by atoms with E-state index in [-0.39, 0.29) is 6.09 Å². The number of allylic oxidation sites excluding steroid dienone is 7. The van der Waals surface area contributed by atoms with Crippen LogP contribution in [0.25, 0.3) is 0 Å². The number of halogens is 2. The van der Waals surface area contributed by atoms with Gasteiger partial charge in [0.05, 0.1) is 13.2 Å². The van der Waals surface area contributed by atoms with Crippen LogP contribution in [-0.2, 0) is 9.47 Å². The maximum atomic E-state index is 12.3. The summed E-state index contributed by atoms with van der Waals surface area (Å²) in [5, 5.41) is 0. The molecule has 1 unspecified atom stereocenters. The van der Waals surface area contributed by atoms with Crippen molar-refractivity contribution in [2.75, 3.05) is 39.4 Å². The van der Waals surface area contributed by atoms with Crippen LogP contribution in [0.15, 0.2) is 96.5 Å². The summed E-state index contributed by atoms with van der Waals surface area (Å²) in [4.78, 5) is 16.3. The molecule has 1 atom stereocenters. The lowest BCUT2D eigenvalue weighted by Crippen LogP contribution is -2.43. The number of benzene rings is 1. The fraction of sp³-hybridized carbons (Fsp3) is 0.406. The third-order valence-corrected chi connectivity index (χ3v) is 5.87. The second-order valence-corrected chi connectivity index (χ2v) is 9.37. The van der Waals surface area contributed by atoms with E-state index in [1.807, 2.05) is 45.1 Å². The summed E-state index contributed by atoms with van der Waals surface area (Å²) in [6, 6.07) is 5.04. The Morgan fingerprint density at radius 3 is 2.36 bits per heavy atom. The minimum atomic E-state index is -0.799. The van der Waals surface area contributed by atoms with Crippen molar-refractivity contribution in [2.45, 2.75) is 41.0 Å². The number of ether oxygens (including phenoxy) is 2. The Kier molecular flexibility index (Phi) is 16.1.